The van der Waals surface area contributed by atoms with Gasteiger partial charge in [-0.05, 0) is 42.3 Å². The van der Waals surface area contributed by atoms with Crippen molar-refractivity contribution in [3.8, 4) is 5.75 Å². The molecule has 0 radical (unpaired) electrons. The van der Waals surface area contributed by atoms with Crippen LogP contribution in [0.15, 0.2) is 48.5 Å². The highest BCUT2D eigenvalue weighted by molar-refractivity contribution is 6.00. The van der Waals surface area contributed by atoms with Crippen LogP contribution in [0.4, 0.5) is 5.69 Å². The number of amides is 2. The third kappa shape index (κ3) is 3.40. The fourth-order valence-corrected chi connectivity index (χ4v) is 2.90. The predicted molar refractivity (Wildman–Crippen MR) is 91.6 cm³/mol. The molecule has 1 aliphatic rings. The number of hydrogen-bond donors (Lipinski definition) is 2. The molecular formula is C19H20N2O3. The van der Waals surface area contributed by atoms with Gasteiger partial charge in [0.05, 0.1) is 5.92 Å². The van der Waals surface area contributed by atoms with Gasteiger partial charge in [-0.1, -0.05) is 24.3 Å². The van der Waals surface area contributed by atoms with Crippen molar-refractivity contribution in [3.05, 3.63) is 59.7 Å². The monoisotopic (exact) mass is 324 g/mol. The Bertz CT molecular complexity index is 755. The summed E-state index contributed by atoms with van der Waals surface area (Å²) in [6.07, 6.45) is 0.209. The highest BCUT2D eigenvalue weighted by Crippen LogP contribution is 2.26. The van der Waals surface area contributed by atoms with Crippen LogP contribution < -0.4 is 10.2 Å². The van der Waals surface area contributed by atoms with Crippen LogP contribution in [0.5, 0.6) is 5.75 Å². The largest absolute Gasteiger partial charge is 0.508 e. The Morgan fingerprint density at radius 1 is 1.21 bits per heavy atom. The van der Waals surface area contributed by atoms with E-state index in [4.69, 9.17) is 0 Å². The van der Waals surface area contributed by atoms with Crippen LogP contribution in [0, 0.1) is 12.8 Å². The number of aryl methyl sites for hydroxylation is 1. The first-order valence-corrected chi connectivity index (χ1v) is 7.96. The smallest absolute Gasteiger partial charge is 0.227 e. The molecule has 0 aliphatic carbocycles. The van der Waals surface area contributed by atoms with Crippen LogP contribution in [0.3, 0.4) is 0 Å². The minimum atomic E-state index is -0.352. The van der Waals surface area contributed by atoms with E-state index in [2.05, 4.69) is 5.32 Å². The molecule has 2 N–H and O–H groups in total. The summed E-state index contributed by atoms with van der Waals surface area (Å²) in [6, 6.07) is 14.3. The van der Waals surface area contributed by atoms with E-state index in [0.29, 0.717) is 18.8 Å². The van der Waals surface area contributed by atoms with E-state index in [9.17, 15) is 14.7 Å². The van der Waals surface area contributed by atoms with E-state index in [1.807, 2.05) is 31.2 Å². The third-order valence-electron chi connectivity index (χ3n) is 4.37. The van der Waals surface area contributed by atoms with Crippen molar-refractivity contribution in [3.63, 3.8) is 0 Å². The number of nitrogens with zero attached hydrogens (tertiary/aromatic N) is 1. The van der Waals surface area contributed by atoms with Crippen LogP contribution >= 0.6 is 0 Å². The van der Waals surface area contributed by atoms with Gasteiger partial charge in [0, 0.05) is 25.2 Å². The molecule has 0 aromatic heterocycles. The van der Waals surface area contributed by atoms with Gasteiger partial charge in [0.1, 0.15) is 5.75 Å². The molecular weight excluding hydrogens is 304 g/mol. The zero-order chi connectivity index (χ0) is 17.1. The first-order valence-electron chi connectivity index (χ1n) is 7.96. The van der Waals surface area contributed by atoms with Crippen LogP contribution in [0.2, 0.25) is 0 Å². The third-order valence-corrected chi connectivity index (χ3v) is 4.37. The van der Waals surface area contributed by atoms with Crippen molar-refractivity contribution < 1.29 is 14.7 Å². The van der Waals surface area contributed by atoms with Crippen LogP contribution in [-0.2, 0) is 16.1 Å². The predicted octanol–water partition coefficient (Wildman–Crippen LogP) is 2.37. The number of nitrogens with one attached hydrogen (secondary N) is 1. The van der Waals surface area contributed by atoms with E-state index in [0.717, 1.165) is 11.1 Å². The Morgan fingerprint density at radius 3 is 2.62 bits per heavy atom. The highest BCUT2D eigenvalue weighted by Gasteiger charge is 2.34. The summed E-state index contributed by atoms with van der Waals surface area (Å²) in [5.74, 6) is -0.377. The molecule has 2 amide bonds. The first kappa shape index (κ1) is 16.1. The number of carbonyl (C=O) groups excluding carboxylic acids is 2. The summed E-state index contributed by atoms with van der Waals surface area (Å²) in [6.45, 7) is 2.84. The quantitative estimate of drug-likeness (QED) is 0.907. The minimum absolute atomic E-state index is 0.0725. The Balaban J connectivity index is 1.62. The average molecular weight is 324 g/mol. The molecule has 1 saturated heterocycles. The molecule has 0 spiro atoms. The lowest BCUT2D eigenvalue weighted by molar-refractivity contribution is -0.126. The van der Waals surface area contributed by atoms with Crippen molar-refractivity contribution in [1.29, 1.82) is 0 Å². The fraction of sp³-hybridized carbons (Fsp3) is 0.263. The molecule has 1 atom stereocenters. The lowest BCUT2D eigenvalue weighted by Crippen LogP contribution is -2.32. The Labute approximate surface area is 140 Å². The lowest BCUT2D eigenvalue weighted by Gasteiger charge is -2.17. The summed E-state index contributed by atoms with van der Waals surface area (Å²) < 4.78 is 0. The van der Waals surface area contributed by atoms with Crippen molar-refractivity contribution >= 4 is 17.5 Å². The van der Waals surface area contributed by atoms with Crippen molar-refractivity contribution in [2.45, 2.75) is 19.9 Å². The molecule has 0 bridgehead atoms. The van der Waals surface area contributed by atoms with E-state index >= 15 is 0 Å². The van der Waals surface area contributed by atoms with Gasteiger partial charge in [0.25, 0.3) is 0 Å². The Kier molecular flexibility index (Phi) is 4.51. The fourth-order valence-electron chi connectivity index (χ4n) is 2.90. The van der Waals surface area contributed by atoms with E-state index in [1.54, 1.807) is 17.0 Å². The van der Waals surface area contributed by atoms with Gasteiger partial charge in [-0.2, -0.15) is 0 Å². The molecule has 1 fully saturated rings. The number of rotatable bonds is 4. The van der Waals surface area contributed by atoms with E-state index in [1.165, 1.54) is 12.1 Å². The summed E-state index contributed by atoms with van der Waals surface area (Å²) in [5, 5.41) is 12.3. The van der Waals surface area contributed by atoms with Crippen molar-refractivity contribution in [2.75, 3.05) is 11.4 Å². The number of aromatic hydroxyl groups is 1. The summed E-state index contributed by atoms with van der Waals surface area (Å²) in [7, 11) is 0. The van der Waals surface area contributed by atoms with Crippen LogP contribution in [0.25, 0.3) is 0 Å². The molecule has 2 aromatic rings. The molecule has 5 nitrogen and oxygen atoms in total. The number of phenolic OH excluding ortho intramolecular Hbond substituents is 1. The van der Waals surface area contributed by atoms with Gasteiger partial charge in [0.15, 0.2) is 0 Å². The number of benzene rings is 2. The first-order chi connectivity index (χ1) is 11.5. The van der Waals surface area contributed by atoms with E-state index < -0.39 is 0 Å². The molecule has 3 rings (SSSR count). The van der Waals surface area contributed by atoms with Crippen LogP contribution in [0.1, 0.15) is 17.5 Å². The molecule has 1 heterocycles. The molecule has 24 heavy (non-hydrogen) atoms. The lowest BCUT2D eigenvalue weighted by atomic mass is 10.1. The molecule has 124 valence electrons. The number of carbonyl (C=O) groups is 2. The maximum Gasteiger partial charge on any atom is 0.227 e. The van der Waals surface area contributed by atoms with Crippen molar-refractivity contribution in [1.82, 2.24) is 5.32 Å². The molecule has 5 heteroatoms. The molecule has 2 aromatic carbocycles. The van der Waals surface area contributed by atoms with Crippen LogP contribution in [-0.4, -0.2) is 23.5 Å². The summed E-state index contributed by atoms with van der Waals surface area (Å²) >= 11 is 0. The number of phenols is 1. The topological polar surface area (TPSA) is 69.6 Å². The molecule has 1 aliphatic heterocycles. The second kappa shape index (κ2) is 6.74. The minimum Gasteiger partial charge on any atom is -0.508 e. The number of hydrogen-bond acceptors (Lipinski definition) is 3. The van der Waals surface area contributed by atoms with Gasteiger partial charge < -0.3 is 15.3 Å². The standard InChI is InChI=1S/C19H20N2O3/c1-13-4-2-3-5-14(13)11-20-19(24)15-10-18(23)21(12-15)16-6-8-17(22)9-7-16/h2-9,15,22H,10-12H2,1H3,(H,20,24)/t15-/m1/s1. The van der Waals surface area contributed by atoms with Gasteiger partial charge in [0.2, 0.25) is 11.8 Å². The van der Waals surface area contributed by atoms with Gasteiger partial charge in [-0.3, -0.25) is 9.59 Å². The maximum absolute atomic E-state index is 12.4. The zero-order valence-corrected chi connectivity index (χ0v) is 13.5. The van der Waals surface area contributed by atoms with Gasteiger partial charge in [-0.15, -0.1) is 0 Å². The zero-order valence-electron chi connectivity index (χ0n) is 13.5. The summed E-state index contributed by atoms with van der Waals surface area (Å²) in [4.78, 5) is 26.2. The van der Waals surface area contributed by atoms with E-state index in [-0.39, 0.29) is 29.9 Å². The molecule has 0 unspecified atom stereocenters. The van der Waals surface area contributed by atoms with Crippen molar-refractivity contribution in [2.24, 2.45) is 5.92 Å². The Hall–Kier alpha value is -2.82. The highest BCUT2D eigenvalue weighted by atomic mass is 16.3. The molecule has 0 saturated carbocycles. The Morgan fingerprint density at radius 2 is 1.92 bits per heavy atom. The second-order valence-electron chi connectivity index (χ2n) is 6.07. The summed E-state index contributed by atoms with van der Waals surface area (Å²) in [5.41, 5.74) is 2.91. The second-order valence-corrected chi connectivity index (χ2v) is 6.07. The maximum atomic E-state index is 12.4. The van der Waals surface area contributed by atoms with Gasteiger partial charge in [-0.25, -0.2) is 0 Å². The normalized spacial score (nSPS) is 17.1. The van der Waals surface area contributed by atoms with Gasteiger partial charge >= 0.3 is 0 Å². The SMILES string of the molecule is Cc1ccccc1CNC(=O)[C@@H]1CC(=O)N(c2ccc(O)cc2)C1. The average Bonchev–Trinajstić information content (AvgIpc) is 2.96. The number of anilines is 1.